The molecule has 0 bridgehead atoms. The van der Waals surface area contributed by atoms with Gasteiger partial charge in [-0.15, -0.1) is 0 Å². The molecule has 0 aliphatic carbocycles. The Morgan fingerprint density at radius 1 is 1.44 bits per heavy atom. The van der Waals surface area contributed by atoms with Crippen molar-refractivity contribution in [3.63, 3.8) is 0 Å². The first-order valence-corrected chi connectivity index (χ1v) is 6.38. The summed E-state index contributed by atoms with van der Waals surface area (Å²) in [5.74, 6) is 0.968. The molecule has 2 rings (SSSR count). The Bertz CT molecular complexity index is 434. The summed E-state index contributed by atoms with van der Waals surface area (Å²) in [6, 6.07) is 7.69. The smallest absolute Gasteiger partial charge is 0.222 e. The Morgan fingerprint density at radius 2 is 2.17 bits per heavy atom. The van der Waals surface area contributed by atoms with Gasteiger partial charge in [0, 0.05) is 25.1 Å². The molecule has 2 unspecified atom stereocenters. The lowest BCUT2D eigenvalue weighted by molar-refractivity contribution is -0.135. The number of nitrogens with two attached hydrogens (primary N) is 1. The molecule has 0 saturated carbocycles. The van der Waals surface area contributed by atoms with Crippen molar-refractivity contribution in [2.24, 2.45) is 5.73 Å². The standard InChI is InChI=1S/C14H20N2O2/c1-3-18-12-7-5-4-6-10(12)14-11(15)8-9-13(17)16(14)2/h4-7,11,14H,3,8-9,15H2,1-2H3. The van der Waals surface area contributed by atoms with E-state index in [-0.39, 0.29) is 18.0 Å². The first-order chi connectivity index (χ1) is 8.65. The number of likely N-dealkylation sites (N-methyl/N-ethyl adjacent to an activating group) is 1. The average Bonchev–Trinajstić information content (AvgIpc) is 2.37. The fraction of sp³-hybridized carbons (Fsp3) is 0.500. The van der Waals surface area contributed by atoms with E-state index >= 15 is 0 Å². The van der Waals surface area contributed by atoms with Gasteiger partial charge in [-0.2, -0.15) is 0 Å². The number of carbonyl (C=O) groups is 1. The quantitative estimate of drug-likeness (QED) is 0.886. The van der Waals surface area contributed by atoms with E-state index in [1.54, 1.807) is 4.90 Å². The Morgan fingerprint density at radius 3 is 2.89 bits per heavy atom. The van der Waals surface area contributed by atoms with Gasteiger partial charge in [0.25, 0.3) is 0 Å². The van der Waals surface area contributed by atoms with Crippen molar-refractivity contribution in [1.82, 2.24) is 4.90 Å². The lowest BCUT2D eigenvalue weighted by Crippen LogP contribution is -2.46. The molecular weight excluding hydrogens is 228 g/mol. The fourth-order valence-electron chi connectivity index (χ4n) is 2.52. The van der Waals surface area contributed by atoms with Crippen molar-refractivity contribution in [1.29, 1.82) is 0 Å². The first kappa shape index (κ1) is 12.9. The Labute approximate surface area is 108 Å². The third-order valence-electron chi connectivity index (χ3n) is 3.45. The minimum absolute atomic E-state index is 0.0330. The monoisotopic (exact) mass is 248 g/mol. The van der Waals surface area contributed by atoms with Crippen molar-refractivity contribution in [2.45, 2.75) is 31.8 Å². The third kappa shape index (κ3) is 2.34. The Hall–Kier alpha value is -1.55. The van der Waals surface area contributed by atoms with Gasteiger partial charge in [-0.05, 0) is 19.4 Å². The molecule has 0 radical (unpaired) electrons. The molecule has 98 valence electrons. The lowest BCUT2D eigenvalue weighted by atomic mass is 9.90. The van der Waals surface area contributed by atoms with E-state index in [2.05, 4.69) is 0 Å². The number of carbonyl (C=O) groups excluding carboxylic acids is 1. The van der Waals surface area contributed by atoms with Gasteiger partial charge in [-0.25, -0.2) is 0 Å². The van der Waals surface area contributed by atoms with E-state index in [9.17, 15) is 4.79 Å². The number of likely N-dealkylation sites (tertiary alicyclic amines) is 1. The van der Waals surface area contributed by atoms with Crippen LogP contribution in [0.1, 0.15) is 31.4 Å². The maximum Gasteiger partial charge on any atom is 0.222 e. The molecule has 1 saturated heterocycles. The van der Waals surface area contributed by atoms with E-state index in [4.69, 9.17) is 10.5 Å². The molecule has 2 N–H and O–H groups in total. The van der Waals surface area contributed by atoms with Crippen molar-refractivity contribution in [3.8, 4) is 5.75 Å². The highest BCUT2D eigenvalue weighted by atomic mass is 16.5. The maximum absolute atomic E-state index is 11.8. The molecule has 1 aliphatic rings. The molecule has 2 atom stereocenters. The highest BCUT2D eigenvalue weighted by Gasteiger charge is 2.33. The van der Waals surface area contributed by atoms with Crippen LogP contribution in [0.4, 0.5) is 0 Å². The normalized spacial score (nSPS) is 24.2. The largest absolute Gasteiger partial charge is 0.494 e. The second kappa shape index (κ2) is 5.40. The van der Waals surface area contributed by atoms with E-state index in [0.29, 0.717) is 13.0 Å². The van der Waals surface area contributed by atoms with Gasteiger partial charge >= 0.3 is 0 Å². The van der Waals surface area contributed by atoms with E-state index in [1.807, 2.05) is 38.2 Å². The van der Waals surface area contributed by atoms with Crippen LogP contribution in [0, 0.1) is 0 Å². The number of rotatable bonds is 3. The minimum Gasteiger partial charge on any atom is -0.494 e. The summed E-state index contributed by atoms with van der Waals surface area (Å²) in [5.41, 5.74) is 7.18. The molecule has 1 heterocycles. The highest BCUT2D eigenvalue weighted by molar-refractivity contribution is 5.77. The van der Waals surface area contributed by atoms with Gasteiger partial charge in [0.1, 0.15) is 5.75 Å². The van der Waals surface area contributed by atoms with Crippen LogP contribution in [-0.2, 0) is 4.79 Å². The van der Waals surface area contributed by atoms with Crippen LogP contribution >= 0.6 is 0 Å². The second-order valence-electron chi connectivity index (χ2n) is 4.62. The fourth-order valence-corrected chi connectivity index (χ4v) is 2.52. The van der Waals surface area contributed by atoms with Crippen molar-refractivity contribution in [3.05, 3.63) is 29.8 Å². The second-order valence-corrected chi connectivity index (χ2v) is 4.62. The zero-order valence-corrected chi connectivity index (χ0v) is 10.9. The summed E-state index contributed by atoms with van der Waals surface area (Å²) in [6.07, 6.45) is 1.26. The summed E-state index contributed by atoms with van der Waals surface area (Å²) in [7, 11) is 1.81. The van der Waals surface area contributed by atoms with Gasteiger partial charge < -0.3 is 15.4 Å². The summed E-state index contributed by atoms with van der Waals surface area (Å²) in [5, 5.41) is 0. The maximum atomic E-state index is 11.8. The number of hydrogen-bond donors (Lipinski definition) is 1. The summed E-state index contributed by atoms with van der Waals surface area (Å²) < 4.78 is 5.63. The van der Waals surface area contributed by atoms with E-state index in [1.165, 1.54) is 0 Å². The molecule has 1 amide bonds. The van der Waals surface area contributed by atoms with Gasteiger partial charge in [0.05, 0.1) is 12.6 Å². The molecule has 0 spiro atoms. The van der Waals surface area contributed by atoms with Crippen molar-refractivity contribution in [2.75, 3.05) is 13.7 Å². The van der Waals surface area contributed by atoms with Gasteiger partial charge in [-0.1, -0.05) is 18.2 Å². The first-order valence-electron chi connectivity index (χ1n) is 6.38. The lowest BCUT2D eigenvalue weighted by Gasteiger charge is -2.38. The average molecular weight is 248 g/mol. The third-order valence-corrected chi connectivity index (χ3v) is 3.45. The molecule has 1 aliphatic heterocycles. The summed E-state index contributed by atoms with van der Waals surface area (Å²) in [4.78, 5) is 13.6. The van der Waals surface area contributed by atoms with E-state index < -0.39 is 0 Å². The van der Waals surface area contributed by atoms with Crippen molar-refractivity contribution >= 4 is 5.91 Å². The Kier molecular flexibility index (Phi) is 3.87. The SMILES string of the molecule is CCOc1ccccc1C1C(N)CCC(=O)N1C. The minimum atomic E-state index is -0.0889. The number of benzene rings is 1. The Balaban J connectivity index is 2.36. The zero-order chi connectivity index (χ0) is 13.1. The molecule has 4 nitrogen and oxygen atoms in total. The van der Waals surface area contributed by atoms with Crippen LogP contribution < -0.4 is 10.5 Å². The van der Waals surface area contributed by atoms with E-state index in [0.717, 1.165) is 17.7 Å². The van der Waals surface area contributed by atoms with Crippen LogP contribution in [0.3, 0.4) is 0 Å². The number of amides is 1. The predicted octanol–water partition coefficient (Wildman–Crippen LogP) is 1.71. The van der Waals surface area contributed by atoms with Gasteiger partial charge in [0.2, 0.25) is 5.91 Å². The van der Waals surface area contributed by atoms with Crippen LogP contribution in [0.25, 0.3) is 0 Å². The molecule has 1 aromatic carbocycles. The summed E-state index contributed by atoms with van der Waals surface area (Å²) >= 11 is 0. The highest BCUT2D eigenvalue weighted by Crippen LogP contribution is 2.34. The molecule has 4 heteroatoms. The van der Waals surface area contributed by atoms with Crippen LogP contribution in [0.5, 0.6) is 5.75 Å². The number of hydrogen-bond acceptors (Lipinski definition) is 3. The van der Waals surface area contributed by atoms with Crippen molar-refractivity contribution < 1.29 is 9.53 Å². The number of piperidine rings is 1. The van der Waals surface area contributed by atoms with Crippen LogP contribution in [-0.4, -0.2) is 30.5 Å². The molecule has 0 aromatic heterocycles. The van der Waals surface area contributed by atoms with Gasteiger partial charge in [-0.3, -0.25) is 4.79 Å². The number of ether oxygens (including phenoxy) is 1. The number of nitrogens with zero attached hydrogens (tertiary/aromatic N) is 1. The van der Waals surface area contributed by atoms with Crippen LogP contribution in [0.15, 0.2) is 24.3 Å². The molecule has 18 heavy (non-hydrogen) atoms. The predicted molar refractivity (Wildman–Crippen MR) is 70.3 cm³/mol. The van der Waals surface area contributed by atoms with Crippen LogP contribution in [0.2, 0.25) is 0 Å². The number of para-hydroxylation sites is 1. The molecular formula is C14H20N2O2. The summed E-state index contributed by atoms with van der Waals surface area (Å²) in [6.45, 7) is 2.56. The van der Waals surface area contributed by atoms with Gasteiger partial charge in [0.15, 0.2) is 0 Å². The molecule has 1 aromatic rings. The zero-order valence-electron chi connectivity index (χ0n) is 10.9. The molecule has 1 fully saturated rings. The topological polar surface area (TPSA) is 55.6 Å².